The summed E-state index contributed by atoms with van der Waals surface area (Å²) in [6.45, 7) is 4.36. The van der Waals surface area contributed by atoms with Crippen molar-refractivity contribution in [1.82, 2.24) is 9.97 Å². The number of benzene rings is 1. The highest BCUT2D eigenvalue weighted by Crippen LogP contribution is 2.24. The Hall–Kier alpha value is -1.39. The van der Waals surface area contributed by atoms with Gasteiger partial charge in [0.25, 0.3) is 0 Å². The average molecular weight is 280 g/mol. The summed E-state index contributed by atoms with van der Waals surface area (Å²) in [5.41, 5.74) is 0.816. The summed E-state index contributed by atoms with van der Waals surface area (Å²) in [6.07, 6.45) is 0.674. The third-order valence-electron chi connectivity index (χ3n) is 3.14. The van der Waals surface area contributed by atoms with E-state index in [1.165, 1.54) is 0 Å². The number of hydrogen-bond acceptors (Lipinski definition) is 4. The van der Waals surface area contributed by atoms with Crippen molar-refractivity contribution in [2.24, 2.45) is 5.92 Å². The highest BCUT2D eigenvalue weighted by molar-refractivity contribution is 6.28. The predicted molar refractivity (Wildman–Crippen MR) is 78.5 cm³/mol. The minimum atomic E-state index is 0.145. The summed E-state index contributed by atoms with van der Waals surface area (Å²) in [4.78, 5) is 8.47. The Morgan fingerprint density at radius 2 is 2.00 bits per heavy atom. The minimum Gasteiger partial charge on any atom is -0.396 e. The highest BCUT2D eigenvalue weighted by atomic mass is 35.5. The van der Waals surface area contributed by atoms with Crippen molar-refractivity contribution in [3.8, 4) is 0 Å². The van der Waals surface area contributed by atoms with E-state index in [0.29, 0.717) is 12.3 Å². The number of fused-ring (bicyclic) bond motifs is 1. The fourth-order valence-corrected chi connectivity index (χ4v) is 2.22. The average Bonchev–Trinajstić information content (AvgIpc) is 2.37. The predicted octanol–water partition coefficient (Wildman–Crippen LogP) is 3.10. The molecule has 1 unspecified atom stereocenters. The van der Waals surface area contributed by atoms with Crippen molar-refractivity contribution in [2.75, 3.05) is 11.9 Å². The normalized spacial score (nSPS) is 12.9. The van der Waals surface area contributed by atoms with Gasteiger partial charge in [-0.15, -0.1) is 0 Å². The van der Waals surface area contributed by atoms with Gasteiger partial charge in [-0.3, -0.25) is 0 Å². The van der Waals surface area contributed by atoms with Gasteiger partial charge in [0.05, 0.1) is 5.52 Å². The molecule has 1 atom stereocenters. The van der Waals surface area contributed by atoms with Crippen LogP contribution in [0.5, 0.6) is 0 Å². The largest absolute Gasteiger partial charge is 0.396 e. The van der Waals surface area contributed by atoms with E-state index in [-0.39, 0.29) is 17.9 Å². The molecule has 1 heterocycles. The van der Waals surface area contributed by atoms with Crippen LogP contribution in [0.2, 0.25) is 5.28 Å². The molecule has 1 aromatic heterocycles. The van der Waals surface area contributed by atoms with Gasteiger partial charge in [0.1, 0.15) is 5.82 Å². The van der Waals surface area contributed by atoms with Crippen LogP contribution in [-0.2, 0) is 0 Å². The first kappa shape index (κ1) is 14.0. The molecule has 0 bridgehead atoms. The maximum Gasteiger partial charge on any atom is 0.224 e. The van der Waals surface area contributed by atoms with Crippen LogP contribution in [0.4, 0.5) is 5.82 Å². The molecule has 0 fully saturated rings. The molecule has 2 N–H and O–H groups in total. The van der Waals surface area contributed by atoms with Crippen molar-refractivity contribution < 1.29 is 5.11 Å². The molecule has 2 rings (SSSR count). The zero-order valence-corrected chi connectivity index (χ0v) is 11.9. The second-order valence-electron chi connectivity index (χ2n) is 4.87. The van der Waals surface area contributed by atoms with Crippen molar-refractivity contribution in [2.45, 2.75) is 26.3 Å². The summed E-state index contributed by atoms with van der Waals surface area (Å²) < 4.78 is 0. The first-order valence-electron chi connectivity index (χ1n) is 6.41. The fourth-order valence-electron chi connectivity index (χ4n) is 2.05. The SMILES string of the molecule is CC(C)C(CCO)Nc1nc(Cl)nc2ccccc12. The first-order chi connectivity index (χ1) is 9.11. The van der Waals surface area contributed by atoms with Gasteiger partial charge >= 0.3 is 0 Å². The molecule has 1 aromatic carbocycles. The molecule has 0 saturated heterocycles. The first-order valence-corrected chi connectivity index (χ1v) is 6.79. The second kappa shape index (κ2) is 6.17. The summed E-state index contributed by atoms with van der Waals surface area (Å²) in [5.74, 6) is 1.11. The number of para-hydroxylation sites is 1. The molecule has 19 heavy (non-hydrogen) atoms. The standard InChI is InChI=1S/C14H18ClN3O/c1-9(2)11(7-8-19)16-13-10-5-3-4-6-12(10)17-14(15)18-13/h3-6,9,11,19H,7-8H2,1-2H3,(H,16,17,18). The van der Waals surface area contributed by atoms with Crippen LogP contribution in [0, 0.1) is 5.92 Å². The van der Waals surface area contributed by atoms with Crippen LogP contribution < -0.4 is 5.32 Å². The Balaban J connectivity index is 2.38. The van der Waals surface area contributed by atoms with Crippen LogP contribution in [0.25, 0.3) is 10.9 Å². The molecule has 0 radical (unpaired) electrons. The summed E-state index contributed by atoms with van der Waals surface area (Å²) >= 11 is 5.95. The van der Waals surface area contributed by atoms with E-state index < -0.39 is 0 Å². The maximum atomic E-state index is 9.13. The Morgan fingerprint density at radius 3 is 2.68 bits per heavy atom. The molecule has 4 nitrogen and oxygen atoms in total. The van der Waals surface area contributed by atoms with Crippen LogP contribution in [0.3, 0.4) is 0 Å². The molecule has 2 aromatic rings. The van der Waals surface area contributed by atoms with Crippen molar-refractivity contribution in [3.05, 3.63) is 29.5 Å². The zero-order valence-electron chi connectivity index (χ0n) is 11.1. The molecule has 0 saturated carbocycles. The third kappa shape index (κ3) is 3.33. The van der Waals surface area contributed by atoms with E-state index in [1.807, 2.05) is 24.3 Å². The topological polar surface area (TPSA) is 58.0 Å². The van der Waals surface area contributed by atoms with E-state index in [9.17, 15) is 0 Å². The summed E-state index contributed by atoms with van der Waals surface area (Å²) in [6, 6.07) is 7.89. The number of nitrogens with one attached hydrogen (secondary N) is 1. The Bertz CT molecular complexity index is 559. The quantitative estimate of drug-likeness (QED) is 0.826. The van der Waals surface area contributed by atoms with Crippen molar-refractivity contribution in [1.29, 1.82) is 0 Å². The van der Waals surface area contributed by atoms with E-state index in [2.05, 4.69) is 29.1 Å². The van der Waals surface area contributed by atoms with E-state index in [0.717, 1.165) is 16.7 Å². The molecule has 102 valence electrons. The van der Waals surface area contributed by atoms with E-state index in [1.54, 1.807) is 0 Å². The molecule has 0 aliphatic rings. The number of nitrogens with zero attached hydrogens (tertiary/aromatic N) is 2. The lowest BCUT2D eigenvalue weighted by molar-refractivity contribution is 0.267. The number of hydrogen-bond donors (Lipinski definition) is 2. The Kier molecular flexibility index (Phi) is 4.56. The van der Waals surface area contributed by atoms with E-state index >= 15 is 0 Å². The number of aliphatic hydroxyl groups excluding tert-OH is 1. The summed E-state index contributed by atoms with van der Waals surface area (Å²) in [7, 11) is 0. The lowest BCUT2D eigenvalue weighted by atomic mass is 10.0. The Morgan fingerprint density at radius 1 is 1.26 bits per heavy atom. The Labute approximate surface area is 117 Å². The fraction of sp³-hybridized carbons (Fsp3) is 0.429. The number of aromatic nitrogens is 2. The highest BCUT2D eigenvalue weighted by Gasteiger charge is 2.15. The van der Waals surface area contributed by atoms with Crippen molar-refractivity contribution in [3.63, 3.8) is 0 Å². The van der Waals surface area contributed by atoms with Crippen LogP contribution in [-0.4, -0.2) is 27.7 Å². The van der Waals surface area contributed by atoms with Crippen molar-refractivity contribution >= 4 is 28.3 Å². The number of halogens is 1. The maximum absolute atomic E-state index is 9.13. The molecule has 0 aliphatic heterocycles. The van der Waals surface area contributed by atoms with Gasteiger partial charge in [-0.05, 0) is 36.1 Å². The van der Waals surface area contributed by atoms with Gasteiger partial charge < -0.3 is 10.4 Å². The van der Waals surface area contributed by atoms with Crippen LogP contribution in [0.15, 0.2) is 24.3 Å². The molecule has 0 amide bonds. The van der Waals surface area contributed by atoms with Gasteiger partial charge in [0.2, 0.25) is 5.28 Å². The minimum absolute atomic E-state index is 0.145. The van der Waals surface area contributed by atoms with Gasteiger partial charge in [0, 0.05) is 18.0 Å². The lowest BCUT2D eigenvalue weighted by Crippen LogP contribution is -2.27. The lowest BCUT2D eigenvalue weighted by Gasteiger charge is -2.22. The molecule has 0 spiro atoms. The molecule has 0 aliphatic carbocycles. The van der Waals surface area contributed by atoms with Crippen LogP contribution >= 0.6 is 11.6 Å². The molecule has 5 heteroatoms. The second-order valence-corrected chi connectivity index (χ2v) is 5.20. The smallest absolute Gasteiger partial charge is 0.224 e. The van der Waals surface area contributed by atoms with Crippen LogP contribution in [0.1, 0.15) is 20.3 Å². The zero-order chi connectivity index (χ0) is 13.8. The number of anilines is 1. The molecular weight excluding hydrogens is 262 g/mol. The van der Waals surface area contributed by atoms with Gasteiger partial charge in [0.15, 0.2) is 0 Å². The third-order valence-corrected chi connectivity index (χ3v) is 3.31. The van der Waals surface area contributed by atoms with Gasteiger partial charge in [-0.2, -0.15) is 0 Å². The number of aliphatic hydroxyl groups is 1. The monoisotopic (exact) mass is 279 g/mol. The van der Waals surface area contributed by atoms with Gasteiger partial charge in [-0.25, -0.2) is 9.97 Å². The summed E-state index contributed by atoms with van der Waals surface area (Å²) in [5, 5.41) is 13.7. The van der Waals surface area contributed by atoms with E-state index in [4.69, 9.17) is 16.7 Å². The molecular formula is C14H18ClN3O. The number of rotatable bonds is 5. The van der Waals surface area contributed by atoms with Gasteiger partial charge in [-0.1, -0.05) is 26.0 Å².